The van der Waals surface area contributed by atoms with Gasteiger partial charge in [0.2, 0.25) is 5.91 Å². The van der Waals surface area contributed by atoms with Crippen LogP contribution >= 0.6 is 11.6 Å². The summed E-state index contributed by atoms with van der Waals surface area (Å²) in [6.07, 6.45) is 0. The number of esters is 1. The van der Waals surface area contributed by atoms with Gasteiger partial charge in [0, 0.05) is 0 Å². The first-order valence-corrected chi connectivity index (χ1v) is 5.91. The van der Waals surface area contributed by atoms with Gasteiger partial charge < -0.3 is 10.1 Å². The molecule has 5 heteroatoms. The number of rotatable bonds is 4. The molecule has 18 heavy (non-hydrogen) atoms. The van der Waals surface area contributed by atoms with Crippen LogP contribution in [0.15, 0.2) is 30.3 Å². The molecule has 1 aromatic carbocycles. The minimum absolute atomic E-state index is 0.432. The van der Waals surface area contributed by atoms with Gasteiger partial charge in [0.1, 0.15) is 10.9 Å². The molecule has 0 saturated carbocycles. The van der Waals surface area contributed by atoms with E-state index in [4.69, 9.17) is 11.6 Å². The molecule has 0 aromatic heterocycles. The Labute approximate surface area is 111 Å². The average molecular weight is 270 g/mol. The first kappa shape index (κ1) is 14.5. The third-order valence-corrected chi connectivity index (χ3v) is 2.90. The smallest absolute Gasteiger partial charge is 0.330 e. The SMILES string of the molecule is COC(=O)C(C)(C)NC(=O)C(Cl)c1ccccc1. The molecule has 0 radical (unpaired) electrons. The van der Waals surface area contributed by atoms with Crippen LogP contribution in [-0.2, 0) is 14.3 Å². The molecule has 1 unspecified atom stereocenters. The number of benzene rings is 1. The Morgan fingerprint density at radius 1 is 1.28 bits per heavy atom. The van der Waals surface area contributed by atoms with E-state index in [0.717, 1.165) is 0 Å². The van der Waals surface area contributed by atoms with Gasteiger partial charge in [-0.05, 0) is 19.4 Å². The third-order valence-electron chi connectivity index (χ3n) is 2.45. The molecular formula is C13H16ClNO3. The largest absolute Gasteiger partial charge is 0.467 e. The third kappa shape index (κ3) is 3.47. The molecule has 98 valence electrons. The van der Waals surface area contributed by atoms with Crippen molar-refractivity contribution in [2.45, 2.75) is 24.8 Å². The number of hydrogen-bond acceptors (Lipinski definition) is 3. The molecule has 0 fully saturated rings. The van der Waals surface area contributed by atoms with Gasteiger partial charge in [-0.25, -0.2) is 4.79 Å². The summed E-state index contributed by atoms with van der Waals surface area (Å²) in [6, 6.07) is 8.93. The highest BCUT2D eigenvalue weighted by Crippen LogP contribution is 2.21. The quantitative estimate of drug-likeness (QED) is 0.672. The summed E-state index contributed by atoms with van der Waals surface area (Å²) in [5.74, 6) is -0.953. The minimum Gasteiger partial charge on any atom is -0.467 e. The molecule has 1 amide bonds. The number of methoxy groups -OCH3 is 1. The predicted molar refractivity (Wildman–Crippen MR) is 69.3 cm³/mol. The number of halogens is 1. The van der Waals surface area contributed by atoms with Crippen molar-refractivity contribution in [1.82, 2.24) is 5.32 Å². The first-order chi connectivity index (χ1) is 8.38. The van der Waals surface area contributed by atoms with Crippen LogP contribution in [0.1, 0.15) is 24.8 Å². The van der Waals surface area contributed by atoms with Gasteiger partial charge in [0.15, 0.2) is 0 Å². The van der Waals surface area contributed by atoms with Crippen LogP contribution in [0.3, 0.4) is 0 Å². The maximum Gasteiger partial charge on any atom is 0.330 e. The van der Waals surface area contributed by atoms with Crippen molar-refractivity contribution in [2.24, 2.45) is 0 Å². The van der Waals surface area contributed by atoms with E-state index in [0.29, 0.717) is 5.56 Å². The van der Waals surface area contributed by atoms with Crippen LogP contribution < -0.4 is 5.32 Å². The van der Waals surface area contributed by atoms with Crippen LogP contribution in [-0.4, -0.2) is 24.5 Å². The number of hydrogen-bond donors (Lipinski definition) is 1. The summed E-state index contributed by atoms with van der Waals surface area (Å²) < 4.78 is 4.60. The van der Waals surface area contributed by atoms with Gasteiger partial charge in [0.05, 0.1) is 7.11 Å². The second-order valence-corrected chi connectivity index (χ2v) is 4.82. The second-order valence-electron chi connectivity index (χ2n) is 4.38. The van der Waals surface area contributed by atoms with Gasteiger partial charge in [-0.2, -0.15) is 0 Å². The molecule has 0 aliphatic heterocycles. The second kappa shape index (κ2) is 5.87. The van der Waals surface area contributed by atoms with E-state index in [2.05, 4.69) is 10.1 Å². The summed E-state index contributed by atoms with van der Waals surface area (Å²) >= 11 is 6.05. The first-order valence-electron chi connectivity index (χ1n) is 5.48. The van der Waals surface area contributed by atoms with Gasteiger partial charge >= 0.3 is 5.97 Å². The van der Waals surface area contributed by atoms with Gasteiger partial charge in [0.25, 0.3) is 0 Å². The predicted octanol–water partition coefficient (Wildman–Crippen LogP) is 2.03. The Hall–Kier alpha value is -1.55. The zero-order valence-electron chi connectivity index (χ0n) is 10.6. The van der Waals surface area contributed by atoms with Crippen LogP contribution in [0.2, 0.25) is 0 Å². The number of amides is 1. The normalized spacial score (nSPS) is 12.7. The van der Waals surface area contributed by atoms with Crippen molar-refractivity contribution in [1.29, 1.82) is 0 Å². The molecular weight excluding hydrogens is 254 g/mol. The molecule has 0 bridgehead atoms. The van der Waals surface area contributed by atoms with Crippen molar-refractivity contribution in [3.8, 4) is 0 Å². The molecule has 0 aliphatic carbocycles. The van der Waals surface area contributed by atoms with Crippen LogP contribution in [0, 0.1) is 0 Å². The van der Waals surface area contributed by atoms with E-state index in [9.17, 15) is 9.59 Å². The highest BCUT2D eigenvalue weighted by atomic mass is 35.5. The fraction of sp³-hybridized carbons (Fsp3) is 0.385. The number of nitrogens with one attached hydrogen (secondary N) is 1. The average Bonchev–Trinajstić information content (AvgIpc) is 2.37. The van der Waals surface area contributed by atoms with Crippen molar-refractivity contribution in [3.05, 3.63) is 35.9 Å². The Kier molecular flexibility index (Phi) is 4.73. The maximum absolute atomic E-state index is 11.9. The fourth-order valence-electron chi connectivity index (χ4n) is 1.45. The molecule has 1 aromatic rings. The van der Waals surface area contributed by atoms with Gasteiger partial charge in [-0.1, -0.05) is 30.3 Å². The van der Waals surface area contributed by atoms with E-state index in [-0.39, 0.29) is 0 Å². The monoisotopic (exact) mass is 269 g/mol. The lowest BCUT2D eigenvalue weighted by Gasteiger charge is -2.24. The molecule has 0 spiro atoms. The van der Waals surface area contributed by atoms with Crippen molar-refractivity contribution in [2.75, 3.05) is 7.11 Å². The summed E-state index contributed by atoms with van der Waals surface area (Å²) in [6.45, 7) is 3.12. The lowest BCUT2D eigenvalue weighted by Crippen LogP contribution is -2.51. The zero-order chi connectivity index (χ0) is 13.8. The van der Waals surface area contributed by atoms with Crippen molar-refractivity contribution in [3.63, 3.8) is 0 Å². The Morgan fingerprint density at radius 3 is 2.33 bits per heavy atom. The number of alkyl halides is 1. The minimum atomic E-state index is -1.10. The highest BCUT2D eigenvalue weighted by molar-refractivity contribution is 6.31. The van der Waals surface area contributed by atoms with Gasteiger partial charge in [-0.3, -0.25) is 4.79 Å². The summed E-state index contributed by atoms with van der Waals surface area (Å²) in [7, 11) is 1.27. The summed E-state index contributed by atoms with van der Waals surface area (Å²) in [5.41, 5.74) is -0.425. The lowest BCUT2D eigenvalue weighted by molar-refractivity contribution is -0.149. The topological polar surface area (TPSA) is 55.4 Å². The van der Waals surface area contributed by atoms with Crippen molar-refractivity contribution < 1.29 is 14.3 Å². The Morgan fingerprint density at radius 2 is 1.83 bits per heavy atom. The summed E-state index contributed by atoms with van der Waals surface area (Å²) in [4.78, 5) is 23.4. The molecule has 4 nitrogen and oxygen atoms in total. The molecule has 0 saturated heterocycles. The standard InChI is InChI=1S/C13H16ClNO3/c1-13(2,12(17)18-3)15-11(16)10(14)9-7-5-4-6-8-9/h4-8,10H,1-3H3,(H,15,16). The van der Waals surface area contributed by atoms with Crippen LogP contribution in [0.5, 0.6) is 0 Å². The highest BCUT2D eigenvalue weighted by Gasteiger charge is 2.32. The van der Waals surface area contributed by atoms with E-state index in [1.165, 1.54) is 7.11 Å². The lowest BCUT2D eigenvalue weighted by atomic mass is 10.0. The van der Waals surface area contributed by atoms with E-state index < -0.39 is 22.8 Å². The molecule has 0 aliphatic rings. The number of carbonyl (C=O) groups is 2. The number of carbonyl (C=O) groups excluding carboxylic acids is 2. The fourth-order valence-corrected chi connectivity index (χ4v) is 1.65. The van der Waals surface area contributed by atoms with Crippen LogP contribution in [0.4, 0.5) is 0 Å². The molecule has 1 rings (SSSR count). The van der Waals surface area contributed by atoms with E-state index in [1.807, 2.05) is 6.07 Å². The number of ether oxygens (including phenoxy) is 1. The molecule has 0 heterocycles. The van der Waals surface area contributed by atoms with Crippen LogP contribution in [0.25, 0.3) is 0 Å². The van der Waals surface area contributed by atoms with E-state index >= 15 is 0 Å². The summed E-state index contributed by atoms with van der Waals surface area (Å²) in [5, 5.41) is 1.72. The van der Waals surface area contributed by atoms with Gasteiger partial charge in [-0.15, -0.1) is 11.6 Å². The Balaban J connectivity index is 2.75. The maximum atomic E-state index is 11.9. The zero-order valence-corrected chi connectivity index (χ0v) is 11.3. The Bertz CT molecular complexity index is 431. The molecule has 1 N–H and O–H groups in total. The van der Waals surface area contributed by atoms with E-state index in [1.54, 1.807) is 38.1 Å². The molecule has 1 atom stereocenters. The van der Waals surface area contributed by atoms with Crippen molar-refractivity contribution >= 4 is 23.5 Å².